The number of likely N-dealkylation sites (tertiary alicyclic amines) is 1. The number of carbonyl (C=O) groups is 1. The molecule has 3 rings (SSSR count). The van der Waals surface area contributed by atoms with Crippen LogP contribution in [0.4, 0.5) is 5.69 Å². The maximum atomic E-state index is 12.4. The van der Waals surface area contributed by atoms with E-state index in [2.05, 4.69) is 30.1 Å². The van der Waals surface area contributed by atoms with E-state index < -0.39 is 0 Å². The smallest absolute Gasteiger partial charge is 0.228 e. The third kappa shape index (κ3) is 2.03. The van der Waals surface area contributed by atoms with Gasteiger partial charge in [0.1, 0.15) is 0 Å². The number of nitrogens with zero attached hydrogens (tertiary/aromatic N) is 2. The molecule has 0 bridgehead atoms. The van der Waals surface area contributed by atoms with Crippen molar-refractivity contribution in [1.82, 2.24) is 4.90 Å². The van der Waals surface area contributed by atoms with Gasteiger partial charge >= 0.3 is 0 Å². The first kappa shape index (κ1) is 11.7. The predicted molar refractivity (Wildman–Crippen MR) is 72.8 cm³/mol. The average molecular weight is 244 g/mol. The van der Waals surface area contributed by atoms with Crippen LogP contribution >= 0.6 is 0 Å². The lowest BCUT2D eigenvalue weighted by Crippen LogP contribution is -2.35. The second-order valence-electron chi connectivity index (χ2n) is 5.40. The highest BCUT2D eigenvalue weighted by molar-refractivity contribution is 5.95. The molecule has 1 aromatic rings. The maximum Gasteiger partial charge on any atom is 0.228 e. The van der Waals surface area contributed by atoms with Gasteiger partial charge in [0.15, 0.2) is 0 Å². The van der Waals surface area contributed by atoms with Crippen LogP contribution in [-0.2, 0) is 11.2 Å². The Kier molecular flexibility index (Phi) is 3.08. The summed E-state index contributed by atoms with van der Waals surface area (Å²) >= 11 is 0. The fourth-order valence-corrected chi connectivity index (χ4v) is 3.15. The van der Waals surface area contributed by atoms with Crippen molar-refractivity contribution in [3.8, 4) is 0 Å². The number of benzene rings is 1. The number of fused-ring (bicyclic) bond motifs is 1. The van der Waals surface area contributed by atoms with Crippen molar-refractivity contribution in [3.63, 3.8) is 0 Å². The van der Waals surface area contributed by atoms with E-state index in [0.717, 1.165) is 31.6 Å². The van der Waals surface area contributed by atoms with Gasteiger partial charge in [-0.05, 0) is 44.5 Å². The highest BCUT2D eigenvalue weighted by Gasteiger charge is 2.29. The summed E-state index contributed by atoms with van der Waals surface area (Å²) in [5.41, 5.74) is 2.44. The van der Waals surface area contributed by atoms with Gasteiger partial charge in [-0.2, -0.15) is 0 Å². The average Bonchev–Trinajstić information content (AvgIpc) is 2.96. The standard InChI is InChI=1S/C15H20N2O/c1-16-9-4-6-13(16)11-15(18)17-10-8-12-5-2-3-7-14(12)17/h2-3,5,7,13H,4,6,8-11H2,1H3. The predicted octanol–water partition coefficient (Wildman–Crippen LogP) is 2.06. The first-order valence-corrected chi connectivity index (χ1v) is 6.84. The van der Waals surface area contributed by atoms with Crippen molar-refractivity contribution in [2.45, 2.75) is 31.7 Å². The first-order chi connectivity index (χ1) is 8.75. The van der Waals surface area contributed by atoms with E-state index in [4.69, 9.17) is 0 Å². The molecule has 3 nitrogen and oxygen atoms in total. The molecular weight excluding hydrogens is 224 g/mol. The molecule has 1 saturated heterocycles. The zero-order chi connectivity index (χ0) is 12.5. The number of carbonyl (C=O) groups excluding carboxylic acids is 1. The zero-order valence-corrected chi connectivity index (χ0v) is 10.9. The molecule has 0 aromatic heterocycles. The summed E-state index contributed by atoms with van der Waals surface area (Å²) in [6.07, 6.45) is 4.07. The van der Waals surface area contributed by atoms with Crippen LogP contribution in [0.3, 0.4) is 0 Å². The van der Waals surface area contributed by atoms with Crippen molar-refractivity contribution in [1.29, 1.82) is 0 Å². The van der Waals surface area contributed by atoms with E-state index in [1.807, 2.05) is 11.0 Å². The summed E-state index contributed by atoms with van der Waals surface area (Å²) in [5.74, 6) is 0.290. The van der Waals surface area contributed by atoms with Crippen molar-refractivity contribution >= 4 is 11.6 Å². The Morgan fingerprint density at radius 2 is 2.17 bits per heavy atom. The van der Waals surface area contributed by atoms with Gasteiger partial charge in [0, 0.05) is 24.7 Å². The maximum absolute atomic E-state index is 12.4. The van der Waals surface area contributed by atoms with Gasteiger partial charge in [-0.1, -0.05) is 18.2 Å². The van der Waals surface area contributed by atoms with Crippen LogP contribution in [0, 0.1) is 0 Å². The second-order valence-corrected chi connectivity index (χ2v) is 5.40. The molecule has 1 unspecified atom stereocenters. The van der Waals surface area contributed by atoms with Crippen LogP contribution in [0.5, 0.6) is 0 Å². The topological polar surface area (TPSA) is 23.6 Å². The van der Waals surface area contributed by atoms with Gasteiger partial charge in [0.2, 0.25) is 5.91 Å². The monoisotopic (exact) mass is 244 g/mol. The number of hydrogen-bond acceptors (Lipinski definition) is 2. The largest absolute Gasteiger partial charge is 0.312 e. The van der Waals surface area contributed by atoms with Crippen molar-refractivity contribution < 1.29 is 4.79 Å². The van der Waals surface area contributed by atoms with Crippen LogP contribution in [0.15, 0.2) is 24.3 Å². The van der Waals surface area contributed by atoms with E-state index in [-0.39, 0.29) is 0 Å². The normalized spacial score (nSPS) is 23.4. The lowest BCUT2D eigenvalue weighted by molar-refractivity contribution is -0.119. The highest BCUT2D eigenvalue weighted by Crippen LogP contribution is 2.29. The number of rotatable bonds is 2. The van der Waals surface area contributed by atoms with E-state index in [0.29, 0.717) is 18.4 Å². The molecule has 1 fully saturated rings. The minimum Gasteiger partial charge on any atom is -0.312 e. The van der Waals surface area contributed by atoms with E-state index >= 15 is 0 Å². The first-order valence-electron chi connectivity index (χ1n) is 6.84. The lowest BCUT2D eigenvalue weighted by Gasteiger charge is -2.23. The molecule has 0 spiro atoms. The number of hydrogen-bond donors (Lipinski definition) is 0. The number of anilines is 1. The third-order valence-corrected chi connectivity index (χ3v) is 4.27. The van der Waals surface area contributed by atoms with Crippen molar-refractivity contribution in [3.05, 3.63) is 29.8 Å². The minimum absolute atomic E-state index is 0.290. The second kappa shape index (κ2) is 4.73. The molecule has 0 saturated carbocycles. The number of amides is 1. The Bertz CT molecular complexity index is 458. The summed E-state index contributed by atoms with van der Waals surface area (Å²) in [6, 6.07) is 8.72. The Labute approximate surface area is 108 Å². The zero-order valence-electron chi connectivity index (χ0n) is 10.9. The molecule has 0 aliphatic carbocycles. The fraction of sp³-hybridized carbons (Fsp3) is 0.533. The highest BCUT2D eigenvalue weighted by atomic mass is 16.2. The van der Waals surface area contributed by atoms with Crippen molar-refractivity contribution in [2.75, 3.05) is 25.0 Å². The number of para-hydroxylation sites is 1. The lowest BCUT2D eigenvalue weighted by atomic mass is 10.1. The molecular formula is C15H20N2O. The molecule has 96 valence electrons. The van der Waals surface area contributed by atoms with Crippen LogP contribution < -0.4 is 4.90 Å². The third-order valence-electron chi connectivity index (χ3n) is 4.27. The van der Waals surface area contributed by atoms with Crippen LogP contribution in [0.1, 0.15) is 24.8 Å². The molecule has 2 heterocycles. The summed E-state index contributed by atoms with van der Waals surface area (Å²) < 4.78 is 0. The van der Waals surface area contributed by atoms with Gasteiger partial charge in [0.05, 0.1) is 0 Å². The molecule has 2 aliphatic heterocycles. The molecule has 2 aliphatic rings. The summed E-state index contributed by atoms with van der Waals surface area (Å²) in [5, 5.41) is 0. The Hall–Kier alpha value is -1.35. The van der Waals surface area contributed by atoms with Crippen molar-refractivity contribution in [2.24, 2.45) is 0 Å². The summed E-state index contributed by atoms with van der Waals surface area (Å²) in [4.78, 5) is 16.7. The molecule has 1 aromatic carbocycles. The Morgan fingerprint density at radius 3 is 2.94 bits per heavy atom. The molecule has 0 N–H and O–H groups in total. The SMILES string of the molecule is CN1CCCC1CC(=O)N1CCc2ccccc21. The van der Waals surface area contributed by atoms with E-state index in [1.54, 1.807) is 0 Å². The molecule has 0 radical (unpaired) electrons. The van der Waals surface area contributed by atoms with Gasteiger partial charge in [-0.25, -0.2) is 0 Å². The minimum atomic E-state index is 0.290. The molecule has 18 heavy (non-hydrogen) atoms. The molecule has 1 atom stereocenters. The fourth-order valence-electron chi connectivity index (χ4n) is 3.15. The van der Waals surface area contributed by atoms with Gasteiger partial charge in [-0.15, -0.1) is 0 Å². The summed E-state index contributed by atoms with van der Waals surface area (Å²) in [7, 11) is 2.13. The van der Waals surface area contributed by atoms with Gasteiger partial charge in [-0.3, -0.25) is 4.79 Å². The van der Waals surface area contributed by atoms with Crippen LogP contribution in [0.2, 0.25) is 0 Å². The van der Waals surface area contributed by atoms with Crippen LogP contribution in [-0.4, -0.2) is 37.0 Å². The quantitative estimate of drug-likeness (QED) is 0.795. The summed E-state index contributed by atoms with van der Waals surface area (Å²) in [6.45, 7) is 1.99. The molecule has 3 heteroatoms. The Balaban J connectivity index is 1.71. The van der Waals surface area contributed by atoms with E-state index in [1.165, 1.54) is 12.0 Å². The van der Waals surface area contributed by atoms with Gasteiger partial charge in [0.25, 0.3) is 0 Å². The Morgan fingerprint density at radius 1 is 1.33 bits per heavy atom. The van der Waals surface area contributed by atoms with Gasteiger partial charge < -0.3 is 9.80 Å². The van der Waals surface area contributed by atoms with E-state index in [9.17, 15) is 4.79 Å². The van der Waals surface area contributed by atoms with Crippen LogP contribution in [0.25, 0.3) is 0 Å². The molecule has 1 amide bonds.